The van der Waals surface area contributed by atoms with Gasteiger partial charge in [0.25, 0.3) is 11.6 Å². The molecule has 2 aromatic rings. The topological polar surface area (TPSA) is 137 Å². The second kappa shape index (κ2) is 11.1. The molecule has 2 aromatic carbocycles. The van der Waals surface area contributed by atoms with E-state index in [2.05, 4.69) is 10.6 Å². The van der Waals surface area contributed by atoms with Gasteiger partial charge in [-0.2, -0.15) is 0 Å². The van der Waals surface area contributed by atoms with Crippen LogP contribution in [0, 0.1) is 10.1 Å². The Balaban J connectivity index is 1.66. The number of nitrogens with zero attached hydrogens (tertiary/aromatic N) is 1. The predicted octanol–water partition coefficient (Wildman–Crippen LogP) is 2.89. The third-order valence-electron chi connectivity index (χ3n) is 3.84. The first kappa shape index (κ1) is 22.3. The average molecular weight is 415 g/mol. The number of methoxy groups -OCH3 is 1. The molecule has 0 aliphatic heterocycles. The van der Waals surface area contributed by atoms with Gasteiger partial charge in [0, 0.05) is 42.4 Å². The molecule has 10 heteroatoms. The number of nitro benzene ring substituents is 1. The SMILES string of the molecule is COc1cccc(NC(=O)COC(=O)CCCC(=O)Nc2cccc([N+](=O)[O-])c2)c1. The molecule has 0 bridgehead atoms. The van der Waals surface area contributed by atoms with Crippen molar-refractivity contribution in [3.05, 3.63) is 58.6 Å². The Labute approximate surface area is 172 Å². The van der Waals surface area contributed by atoms with Gasteiger partial charge in [0.15, 0.2) is 6.61 Å². The van der Waals surface area contributed by atoms with Gasteiger partial charge >= 0.3 is 5.97 Å². The Morgan fingerprint density at radius 1 is 0.967 bits per heavy atom. The highest BCUT2D eigenvalue weighted by Gasteiger charge is 2.11. The first-order valence-corrected chi connectivity index (χ1v) is 9.01. The molecule has 2 amide bonds. The summed E-state index contributed by atoms with van der Waals surface area (Å²) in [4.78, 5) is 45.6. The largest absolute Gasteiger partial charge is 0.497 e. The molecule has 0 fully saturated rings. The average Bonchev–Trinajstić information content (AvgIpc) is 2.72. The second-order valence-corrected chi connectivity index (χ2v) is 6.15. The maximum Gasteiger partial charge on any atom is 0.306 e. The van der Waals surface area contributed by atoms with E-state index in [0.29, 0.717) is 17.1 Å². The molecule has 0 aliphatic carbocycles. The van der Waals surface area contributed by atoms with Crippen LogP contribution in [0.15, 0.2) is 48.5 Å². The summed E-state index contributed by atoms with van der Waals surface area (Å²) in [5, 5.41) is 15.8. The van der Waals surface area contributed by atoms with Gasteiger partial charge in [-0.15, -0.1) is 0 Å². The fourth-order valence-electron chi connectivity index (χ4n) is 2.43. The summed E-state index contributed by atoms with van der Waals surface area (Å²) in [6, 6.07) is 12.3. The van der Waals surface area contributed by atoms with Crippen molar-refractivity contribution in [2.75, 3.05) is 24.4 Å². The Kier molecular flexibility index (Phi) is 8.30. The summed E-state index contributed by atoms with van der Waals surface area (Å²) < 4.78 is 9.94. The van der Waals surface area contributed by atoms with Gasteiger partial charge in [0.2, 0.25) is 5.91 Å². The smallest absolute Gasteiger partial charge is 0.306 e. The number of ether oxygens (including phenoxy) is 2. The fourth-order valence-corrected chi connectivity index (χ4v) is 2.43. The number of rotatable bonds is 10. The van der Waals surface area contributed by atoms with Crippen molar-refractivity contribution in [2.45, 2.75) is 19.3 Å². The molecular formula is C20H21N3O7. The summed E-state index contributed by atoms with van der Waals surface area (Å²) in [5.41, 5.74) is 0.669. The minimum absolute atomic E-state index is 0.0216. The maximum absolute atomic E-state index is 11.9. The molecule has 158 valence electrons. The monoisotopic (exact) mass is 415 g/mol. The van der Waals surface area contributed by atoms with Gasteiger partial charge in [-0.1, -0.05) is 12.1 Å². The van der Waals surface area contributed by atoms with Crippen LogP contribution in [0.2, 0.25) is 0 Å². The lowest BCUT2D eigenvalue weighted by atomic mass is 10.2. The van der Waals surface area contributed by atoms with Crippen molar-refractivity contribution in [3.63, 3.8) is 0 Å². The first-order valence-electron chi connectivity index (χ1n) is 9.01. The highest BCUT2D eigenvalue weighted by molar-refractivity contribution is 5.93. The lowest BCUT2D eigenvalue weighted by Crippen LogP contribution is -2.21. The van der Waals surface area contributed by atoms with Crippen LogP contribution in [0.3, 0.4) is 0 Å². The highest BCUT2D eigenvalue weighted by atomic mass is 16.6. The maximum atomic E-state index is 11.9. The van der Waals surface area contributed by atoms with E-state index >= 15 is 0 Å². The number of carbonyl (C=O) groups is 3. The van der Waals surface area contributed by atoms with Gasteiger partial charge in [-0.3, -0.25) is 24.5 Å². The third-order valence-corrected chi connectivity index (χ3v) is 3.84. The summed E-state index contributed by atoms with van der Waals surface area (Å²) in [5.74, 6) is -0.925. The molecule has 0 heterocycles. The van der Waals surface area contributed by atoms with E-state index in [9.17, 15) is 24.5 Å². The zero-order valence-corrected chi connectivity index (χ0v) is 16.3. The quantitative estimate of drug-likeness (QED) is 0.346. The summed E-state index contributed by atoms with van der Waals surface area (Å²) in [6.07, 6.45) is 0.180. The lowest BCUT2D eigenvalue weighted by molar-refractivity contribution is -0.384. The number of hydrogen-bond acceptors (Lipinski definition) is 7. The van der Waals surface area contributed by atoms with Crippen molar-refractivity contribution in [1.82, 2.24) is 0 Å². The second-order valence-electron chi connectivity index (χ2n) is 6.15. The number of amides is 2. The van der Waals surface area contributed by atoms with Crippen LogP contribution in [-0.2, 0) is 19.1 Å². The Morgan fingerprint density at radius 3 is 2.33 bits per heavy atom. The summed E-state index contributed by atoms with van der Waals surface area (Å²) >= 11 is 0. The number of esters is 1. The van der Waals surface area contributed by atoms with Crippen LogP contribution in [0.25, 0.3) is 0 Å². The fraction of sp³-hybridized carbons (Fsp3) is 0.250. The third kappa shape index (κ3) is 7.58. The first-order chi connectivity index (χ1) is 14.4. The Hall–Kier alpha value is -3.95. The molecule has 10 nitrogen and oxygen atoms in total. The minimum atomic E-state index is -0.612. The number of hydrogen-bond donors (Lipinski definition) is 2. The van der Waals surface area contributed by atoms with E-state index in [0.717, 1.165) is 0 Å². The standard InChI is InChI=1S/C20H21N3O7/c1-29-17-8-3-6-15(12-17)22-19(25)13-30-20(26)10-4-9-18(24)21-14-5-2-7-16(11-14)23(27)28/h2-3,5-8,11-12H,4,9-10,13H2,1H3,(H,21,24)(H,22,25). The highest BCUT2D eigenvalue weighted by Crippen LogP contribution is 2.18. The van der Waals surface area contributed by atoms with Crippen LogP contribution in [-0.4, -0.2) is 36.4 Å². The minimum Gasteiger partial charge on any atom is -0.497 e. The molecule has 0 spiro atoms. The molecule has 0 saturated carbocycles. The zero-order valence-electron chi connectivity index (χ0n) is 16.3. The lowest BCUT2D eigenvalue weighted by Gasteiger charge is -2.08. The van der Waals surface area contributed by atoms with Crippen molar-refractivity contribution >= 4 is 34.8 Å². The van der Waals surface area contributed by atoms with Gasteiger partial charge < -0.3 is 20.1 Å². The molecule has 0 saturated heterocycles. The number of benzene rings is 2. The number of nitrogens with one attached hydrogen (secondary N) is 2. The molecule has 0 aliphatic rings. The van der Waals surface area contributed by atoms with E-state index in [1.807, 2.05) is 0 Å². The van der Waals surface area contributed by atoms with Crippen LogP contribution >= 0.6 is 0 Å². The van der Waals surface area contributed by atoms with E-state index < -0.39 is 23.4 Å². The summed E-state index contributed by atoms with van der Waals surface area (Å²) in [7, 11) is 1.51. The van der Waals surface area contributed by atoms with Crippen LogP contribution in [0.1, 0.15) is 19.3 Å². The van der Waals surface area contributed by atoms with Crippen LogP contribution in [0.5, 0.6) is 5.75 Å². The molecule has 2 rings (SSSR count). The molecule has 0 unspecified atom stereocenters. The Morgan fingerprint density at radius 2 is 1.63 bits per heavy atom. The normalized spacial score (nSPS) is 10.0. The van der Waals surface area contributed by atoms with Gasteiger partial charge in [0.1, 0.15) is 5.75 Å². The Bertz CT molecular complexity index is 930. The van der Waals surface area contributed by atoms with Crippen LogP contribution < -0.4 is 15.4 Å². The van der Waals surface area contributed by atoms with E-state index in [4.69, 9.17) is 9.47 Å². The molecule has 30 heavy (non-hydrogen) atoms. The van der Waals surface area contributed by atoms with E-state index in [1.165, 1.54) is 31.4 Å². The van der Waals surface area contributed by atoms with Crippen molar-refractivity contribution in [1.29, 1.82) is 0 Å². The number of nitro groups is 1. The zero-order chi connectivity index (χ0) is 21.9. The molecule has 0 atom stereocenters. The number of carbonyl (C=O) groups excluding carboxylic acids is 3. The van der Waals surface area contributed by atoms with E-state index in [1.54, 1.807) is 24.3 Å². The summed E-state index contributed by atoms with van der Waals surface area (Å²) in [6.45, 7) is -0.448. The van der Waals surface area contributed by atoms with Gasteiger partial charge in [0.05, 0.1) is 12.0 Å². The van der Waals surface area contributed by atoms with Gasteiger partial charge in [-0.25, -0.2) is 0 Å². The predicted molar refractivity (Wildman–Crippen MR) is 108 cm³/mol. The van der Waals surface area contributed by atoms with Crippen molar-refractivity contribution < 1.29 is 28.8 Å². The molecule has 0 aromatic heterocycles. The molecule has 0 radical (unpaired) electrons. The van der Waals surface area contributed by atoms with Crippen molar-refractivity contribution in [3.8, 4) is 5.75 Å². The number of non-ortho nitro benzene ring substituents is 1. The van der Waals surface area contributed by atoms with Crippen LogP contribution in [0.4, 0.5) is 17.1 Å². The molecular weight excluding hydrogens is 394 g/mol. The van der Waals surface area contributed by atoms with Crippen molar-refractivity contribution in [2.24, 2.45) is 0 Å². The van der Waals surface area contributed by atoms with E-state index in [-0.39, 0.29) is 30.9 Å². The van der Waals surface area contributed by atoms with Gasteiger partial charge in [-0.05, 0) is 24.6 Å². The molecule has 2 N–H and O–H groups in total. The number of anilines is 2.